The molecule has 3 aromatic rings. The van der Waals surface area contributed by atoms with E-state index in [2.05, 4.69) is 39.7 Å². The lowest BCUT2D eigenvalue weighted by molar-refractivity contribution is -0.134. The zero-order chi connectivity index (χ0) is 23.3. The molecule has 0 bridgehead atoms. The maximum atomic E-state index is 12.1. The highest BCUT2D eigenvalue weighted by Crippen LogP contribution is 2.34. The van der Waals surface area contributed by atoms with E-state index >= 15 is 0 Å². The largest absolute Gasteiger partial charge is 0.478 e. The van der Waals surface area contributed by atoms with Crippen LogP contribution in [0.4, 0.5) is 5.69 Å². The summed E-state index contributed by atoms with van der Waals surface area (Å²) in [6.45, 7) is 0. The first-order valence-electron chi connectivity index (χ1n) is 9.77. The molecule has 1 aliphatic rings. The molecule has 32 heavy (non-hydrogen) atoms. The van der Waals surface area contributed by atoms with Crippen molar-refractivity contribution in [2.45, 2.75) is 25.3 Å². The van der Waals surface area contributed by atoms with Gasteiger partial charge in [-0.3, -0.25) is 9.89 Å². The van der Waals surface area contributed by atoms with E-state index in [1.807, 2.05) is 18.2 Å². The van der Waals surface area contributed by atoms with Crippen molar-refractivity contribution in [3.8, 4) is 0 Å². The highest BCUT2D eigenvalue weighted by Gasteiger charge is 2.25. The second-order valence-corrected chi connectivity index (χ2v) is 7.40. The Kier molecular flexibility index (Phi) is 7.00. The van der Waals surface area contributed by atoms with E-state index in [0.29, 0.717) is 18.2 Å². The molecule has 2 aromatic heterocycles. The SMILES string of the molecule is CN(C)C1CCc2oc3ccc(NC(=O)c4c[nH]nn4)cc3c2C1.O=C(O)/C=C/C(=O)O. The van der Waals surface area contributed by atoms with E-state index in [-0.39, 0.29) is 11.6 Å². The minimum atomic E-state index is -1.26. The molecular weight excluding hydrogens is 418 g/mol. The van der Waals surface area contributed by atoms with Crippen LogP contribution in [0.2, 0.25) is 0 Å². The number of carbonyl (C=O) groups excluding carboxylic acids is 1. The van der Waals surface area contributed by atoms with Gasteiger partial charge in [0, 0.05) is 41.3 Å². The standard InChI is InChI=1S/C17H19N5O2.C4H4O4/c1-22(2)11-4-6-16-13(8-11)12-7-10(3-5-15(12)24-16)19-17(23)14-9-18-21-20-14;5-3(6)1-2-4(7)8/h3,5,7,9,11H,4,6,8H2,1-2H3,(H,19,23)(H,18,20,21);1-2H,(H,5,6)(H,7,8)/b;2-1+. The number of fused-ring (bicyclic) bond motifs is 3. The first kappa shape index (κ1) is 22.7. The number of aryl methyl sites for hydroxylation is 1. The van der Waals surface area contributed by atoms with Crippen molar-refractivity contribution in [2.75, 3.05) is 19.4 Å². The molecule has 0 saturated carbocycles. The fraction of sp³-hybridized carbons (Fsp3) is 0.286. The van der Waals surface area contributed by atoms with Crippen LogP contribution in [0, 0.1) is 0 Å². The van der Waals surface area contributed by atoms with Crippen molar-refractivity contribution in [3.05, 3.63) is 53.6 Å². The Bertz CT molecular complexity index is 1130. The molecule has 0 aliphatic heterocycles. The summed E-state index contributed by atoms with van der Waals surface area (Å²) in [7, 11) is 4.23. The summed E-state index contributed by atoms with van der Waals surface area (Å²) in [5.74, 6) is -1.73. The number of carbonyl (C=O) groups is 3. The van der Waals surface area contributed by atoms with Gasteiger partial charge in [-0.05, 0) is 45.1 Å². The van der Waals surface area contributed by atoms with Gasteiger partial charge >= 0.3 is 11.9 Å². The Labute approximate surface area is 182 Å². The summed E-state index contributed by atoms with van der Waals surface area (Å²) in [6, 6.07) is 6.26. The van der Waals surface area contributed by atoms with Crippen molar-refractivity contribution in [2.24, 2.45) is 0 Å². The molecule has 11 nitrogen and oxygen atoms in total. The van der Waals surface area contributed by atoms with E-state index in [9.17, 15) is 14.4 Å². The lowest BCUT2D eigenvalue weighted by Crippen LogP contribution is -2.33. The maximum Gasteiger partial charge on any atom is 0.328 e. The van der Waals surface area contributed by atoms with Gasteiger partial charge < -0.3 is 24.8 Å². The van der Waals surface area contributed by atoms with Crippen LogP contribution >= 0.6 is 0 Å². The second kappa shape index (κ2) is 9.88. The van der Waals surface area contributed by atoms with Gasteiger partial charge in [-0.25, -0.2) is 9.59 Å². The maximum absolute atomic E-state index is 12.1. The van der Waals surface area contributed by atoms with Crippen molar-refractivity contribution in [3.63, 3.8) is 0 Å². The van der Waals surface area contributed by atoms with Gasteiger partial charge in [0.05, 0.1) is 6.20 Å². The van der Waals surface area contributed by atoms with Crippen LogP contribution in [0.5, 0.6) is 0 Å². The topological polar surface area (TPSA) is 162 Å². The number of likely N-dealkylation sites (N-methyl/N-ethyl adjacent to an activating group) is 1. The molecule has 0 saturated heterocycles. The number of amides is 1. The molecular formula is C21H23N5O6. The van der Waals surface area contributed by atoms with E-state index < -0.39 is 11.9 Å². The van der Waals surface area contributed by atoms with E-state index in [1.165, 1.54) is 11.8 Å². The molecule has 11 heteroatoms. The number of carboxylic acid groups (broad SMARTS) is 2. The Morgan fingerprint density at radius 2 is 1.94 bits per heavy atom. The predicted molar refractivity (Wildman–Crippen MR) is 114 cm³/mol. The molecule has 1 unspecified atom stereocenters. The van der Waals surface area contributed by atoms with Gasteiger partial charge in [-0.2, -0.15) is 0 Å². The van der Waals surface area contributed by atoms with Crippen LogP contribution in [0.15, 0.2) is 41.0 Å². The number of anilines is 1. The van der Waals surface area contributed by atoms with Crippen LogP contribution < -0.4 is 5.32 Å². The number of aromatic nitrogens is 3. The number of rotatable bonds is 5. The lowest BCUT2D eigenvalue weighted by Gasteiger charge is -2.27. The summed E-state index contributed by atoms with van der Waals surface area (Å²) < 4.78 is 5.99. The molecule has 4 N–H and O–H groups in total. The summed E-state index contributed by atoms with van der Waals surface area (Å²) in [5.41, 5.74) is 3.12. The van der Waals surface area contributed by atoms with Crippen LogP contribution in [0.1, 0.15) is 28.2 Å². The van der Waals surface area contributed by atoms with Crippen molar-refractivity contribution >= 4 is 34.5 Å². The molecule has 4 rings (SSSR count). The molecule has 168 valence electrons. The van der Waals surface area contributed by atoms with Crippen molar-refractivity contribution < 1.29 is 29.0 Å². The summed E-state index contributed by atoms with van der Waals surface area (Å²) in [6.07, 6.45) is 5.61. The average Bonchev–Trinajstić information content (AvgIpc) is 3.40. The number of nitrogens with zero attached hydrogens (tertiary/aromatic N) is 3. The first-order chi connectivity index (χ1) is 15.2. The second-order valence-electron chi connectivity index (χ2n) is 7.40. The number of benzene rings is 1. The monoisotopic (exact) mass is 441 g/mol. The number of aliphatic carboxylic acids is 2. The Morgan fingerprint density at radius 3 is 2.53 bits per heavy atom. The van der Waals surface area contributed by atoms with Crippen LogP contribution in [0.3, 0.4) is 0 Å². The van der Waals surface area contributed by atoms with Crippen LogP contribution in [0.25, 0.3) is 11.0 Å². The third-order valence-electron chi connectivity index (χ3n) is 5.02. The average molecular weight is 441 g/mol. The van der Waals surface area contributed by atoms with Gasteiger partial charge in [0.1, 0.15) is 11.3 Å². The normalized spacial score (nSPS) is 15.3. The number of furan rings is 1. The first-order valence-corrected chi connectivity index (χ1v) is 9.77. The molecule has 0 fully saturated rings. The van der Waals surface area contributed by atoms with E-state index in [0.717, 1.165) is 41.7 Å². The third kappa shape index (κ3) is 5.58. The number of H-pyrrole nitrogens is 1. The Balaban J connectivity index is 0.000000312. The van der Waals surface area contributed by atoms with E-state index in [1.54, 1.807) is 0 Å². The van der Waals surface area contributed by atoms with Crippen molar-refractivity contribution in [1.29, 1.82) is 0 Å². The molecule has 1 atom stereocenters. The molecule has 2 heterocycles. The summed E-state index contributed by atoms with van der Waals surface area (Å²) in [4.78, 5) is 33.5. The van der Waals surface area contributed by atoms with Crippen LogP contribution in [-0.2, 0) is 22.4 Å². The molecule has 0 spiro atoms. The van der Waals surface area contributed by atoms with E-state index in [4.69, 9.17) is 14.6 Å². The fourth-order valence-electron chi connectivity index (χ4n) is 3.43. The number of aromatic amines is 1. The molecule has 0 radical (unpaired) electrons. The summed E-state index contributed by atoms with van der Waals surface area (Å²) in [5, 5.41) is 29.4. The van der Waals surface area contributed by atoms with Crippen LogP contribution in [-0.4, -0.2) is 68.5 Å². The zero-order valence-corrected chi connectivity index (χ0v) is 17.5. The fourth-order valence-corrected chi connectivity index (χ4v) is 3.43. The zero-order valence-electron chi connectivity index (χ0n) is 17.5. The molecule has 1 amide bonds. The smallest absolute Gasteiger partial charge is 0.328 e. The van der Waals surface area contributed by atoms with Gasteiger partial charge in [0.2, 0.25) is 0 Å². The summed E-state index contributed by atoms with van der Waals surface area (Å²) >= 11 is 0. The highest BCUT2D eigenvalue weighted by atomic mass is 16.4. The predicted octanol–water partition coefficient (Wildman–Crippen LogP) is 1.93. The quantitative estimate of drug-likeness (QED) is 0.433. The molecule has 1 aliphatic carbocycles. The number of nitrogens with one attached hydrogen (secondary N) is 2. The lowest BCUT2D eigenvalue weighted by atomic mass is 9.91. The minimum Gasteiger partial charge on any atom is -0.478 e. The van der Waals surface area contributed by atoms with Gasteiger partial charge in [-0.15, -0.1) is 5.10 Å². The van der Waals surface area contributed by atoms with Crippen molar-refractivity contribution in [1.82, 2.24) is 20.3 Å². The van der Waals surface area contributed by atoms with Gasteiger partial charge in [0.25, 0.3) is 5.91 Å². The Morgan fingerprint density at radius 1 is 1.22 bits per heavy atom. The van der Waals surface area contributed by atoms with Gasteiger partial charge in [0.15, 0.2) is 5.69 Å². The minimum absolute atomic E-state index is 0.261. The highest BCUT2D eigenvalue weighted by molar-refractivity contribution is 6.03. The number of hydrogen-bond acceptors (Lipinski definition) is 7. The van der Waals surface area contributed by atoms with Gasteiger partial charge in [-0.1, -0.05) is 5.21 Å². The Hall–Kier alpha value is -3.99. The number of hydrogen-bond donors (Lipinski definition) is 4. The molecule has 1 aromatic carbocycles. The third-order valence-corrected chi connectivity index (χ3v) is 5.02. The number of carboxylic acids is 2.